The van der Waals surface area contributed by atoms with Gasteiger partial charge in [-0.15, -0.1) is 0 Å². The standard InChI is InChI=1S/C23H21N3O2S/c1-2-9-21-19(7-1)26-23(29-21)25-16-10-12-17(13-11-16)28-22-18(6-5-14-24-22)20-8-3-4-15-27-20/h1-2,5-7,9-14,20H,3-4,8,15H2,(H,25,26)/t20-/m0/s1. The fourth-order valence-corrected chi connectivity index (χ4v) is 4.37. The third-order valence-electron chi connectivity index (χ3n) is 4.94. The van der Waals surface area contributed by atoms with E-state index in [0.717, 1.165) is 47.1 Å². The molecule has 1 fully saturated rings. The van der Waals surface area contributed by atoms with Gasteiger partial charge in [0.05, 0.1) is 16.3 Å². The van der Waals surface area contributed by atoms with Gasteiger partial charge in [-0.3, -0.25) is 0 Å². The quantitative estimate of drug-likeness (QED) is 0.414. The van der Waals surface area contributed by atoms with Crippen LogP contribution in [0.4, 0.5) is 10.8 Å². The number of nitrogens with zero attached hydrogens (tertiary/aromatic N) is 2. The summed E-state index contributed by atoms with van der Waals surface area (Å²) in [6, 6.07) is 20.0. The Morgan fingerprint density at radius 2 is 1.90 bits per heavy atom. The number of benzene rings is 2. The molecule has 0 spiro atoms. The lowest BCUT2D eigenvalue weighted by Gasteiger charge is -2.24. The number of hydrogen-bond donors (Lipinski definition) is 1. The minimum Gasteiger partial charge on any atom is -0.439 e. The largest absolute Gasteiger partial charge is 0.439 e. The van der Waals surface area contributed by atoms with Crippen molar-refractivity contribution in [1.82, 2.24) is 9.97 Å². The van der Waals surface area contributed by atoms with E-state index < -0.39 is 0 Å². The fraction of sp³-hybridized carbons (Fsp3) is 0.217. The topological polar surface area (TPSA) is 56.3 Å². The molecule has 1 aliphatic rings. The first kappa shape index (κ1) is 18.1. The highest BCUT2D eigenvalue weighted by molar-refractivity contribution is 7.22. The van der Waals surface area contributed by atoms with Crippen molar-refractivity contribution in [2.45, 2.75) is 25.4 Å². The van der Waals surface area contributed by atoms with Gasteiger partial charge in [0.1, 0.15) is 5.75 Å². The number of hydrogen-bond acceptors (Lipinski definition) is 6. The molecule has 6 heteroatoms. The molecule has 0 amide bonds. The van der Waals surface area contributed by atoms with Crippen LogP contribution in [0.1, 0.15) is 30.9 Å². The molecule has 1 atom stereocenters. The summed E-state index contributed by atoms with van der Waals surface area (Å²) in [6.45, 7) is 0.797. The summed E-state index contributed by atoms with van der Waals surface area (Å²) in [7, 11) is 0. The second-order valence-corrected chi connectivity index (χ2v) is 8.02. The highest BCUT2D eigenvalue weighted by Crippen LogP contribution is 2.35. The first-order valence-corrected chi connectivity index (χ1v) is 10.6. The zero-order valence-corrected chi connectivity index (χ0v) is 16.7. The molecule has 29 heavy (non-hydrogen) atoms. The highest BCUT2D eigenvalue weighted by Gasteiger charge is 2.21. The molecule has 1 aliphatic heterocycles. The van der Waals surface area contributed by atoms with Crippen LogP contribution in [0.2, 0.25) is 0 Å². The molecule has 1 saturated heterocycles. The first-order chi connectivity index (χ1) is 14.3. The smallest absolute Gasteiger partial charge is 0.225 e. The normalized spacial score (nSPS) is 16.6. The van der Waals surface area contributed by atoms with Crippen molar-refractivity contribution in [3.63, 3.8) is 0 Å². The van der Waals surface area contributed by atoms with Crippen LogP contribution in [0.5, 0.6) is 11.6 Å². The molecular formula is C23H21N3O2S. The van der Waals surface area contributed by atoms with Gasteiger partial charge >= 0.3 is 0 Å². The predicted molar refractivity (Wildman–Crippen MR) is 116 cm³/mol. The Bertz CT molecular complexity index is 1070. The Labute approximate surface area is 173 Å². The van der Waals surface area contributed by atoms with Crippen molar-refractivity contribution in [2.24, 2.45) is 0 Å². The van der Waals surface area contributed by atoms with Gasteiger partial charge < -0.3 is 14.8 Å². The van der Waals surface area contributed by atoms with Crippen molar-refractivity contribution < 1.29 is 9.47 Å². The maximum atomic E-state index is 6.08. The third kappa shape index (κ3) is 4.09. The molecule has 5 rings (SSSR count). The van der Waals surface area contributed by atoms with E-state index in [9.17, 15) is 0 Å². The lowest BCUT2D eigenvalue weighted by Crippen LogP contribution is -2.12. The van der Waals surface area contributed by atoms with E-state index in [1.54, 1.807) is 17.5 Å². The second-order valence-electron chi connectivity index (χ2n) is 6.99. The molecule has 2 aromatic carbocycles. The Hall–Kier alpha value is -2.96. The Kier molecular flexibility index (Phi) is 5.11. The van der Waals surface area contributed by atoms with Crippen molar-refractivity contribution >= 4 is 32.4 Å². The van der Waals surface area contributed by atoms with E-state index in [2.05, 4.69) is 21.4 Å². The predicted octanol–water partition coefficient (Wildman–Crippen LogP) is 6.47. The zero-order chi connectivity index (χ0) is 19.5. The van der Waals surface area contributed by atoms with Crippen LogP contribution >= 0.6 is 11.3 Å². The average molecular weight is 404 g/mol. The summed E-state index contributed by atoms with van der Waals surface area (Å²) in [5, 5.41) is 4.24. The molecule has 1 N–H and O–H groups in total. The van der Waals surface area contributed by atoms with Gasteiger partial charge in [-0.1, -0.05) is 23.5 Å². The Balaban J connectivity index is 1.31. The number of rotatable bonds is 5. The molecule has 2 aromatic heterocycles. The van der Waals surface area contributed by atoms with Crippen LogP contribution in [0.25, 0.3) is 10.2 Å². The SMILES string of the molecule is c1cnc(Oc2ccc(Nc3nc4ccccc4s3)cc2)c([C@@H]2CCCCO2)c1. The van der Waals surface area contributed by atoms with E-state index in [4.69, 9.17) is 9.47 Å². The third-order valence-corrected chi connectivity index (χ3v) is 5.89. The molecule has 0 bridgehead atoms. The molecule has 0 aliphatic carbocycles. The Morgan fingerprint density at radius 3 is 2.72 bits per heavy atom. The number of anilines is 2. The van der Waals surface area contributed by atoms with Crippen molar-refractivity contribution in [3.05, 3.63) is 72.4 Å². The molecule has 0 unspecified atom stereocenters. The van der Waals surface area contributed by atoms with Gasteiger partial charge in [0.15, 0.2) is 5.13 Å². The number of pyridine rings is 1. The van der Waals surface area contributed by atoms with E-state index in [1.807, 2.05) is 54.6 Å². The summed E-state index contributed by atoms with van der Waals surface area (Å²) < 4.78 is 13.2. The van der Waals surface area contributed by atoms with E-state index in [0.29, 0.717) is 5.88 Å². The molecule has 0 radical (unpaired) electrons. The number of thiazole rings is 1. The average Bonchev–Trinajstić information content (AvgIpc) is 3.18. The van der Waals surface area contributed by atoms with Gasteiger partial charge in [0.25, 0.3) is 0 Å². The first-order valence-electron chi connectivity index (χ1n) is 9.82. The lowest BCUT2D eigenvalue weighted by molar-refractivity contribution is 0.0135. The van der Waals surface area contributed by atoms with Crippen LogP contribution in [0, 0.1) is 0 Å². The second kappa shape index (κ2) is 8.19. The monoisotopic (exact) mass is 403 g/mol. The molecule has 0 saturated carbocycles. The van der Waals surface area contributed by atoms with Crippen molar-refractivity contribution in [3.8, 4) is 11.6 Å². The molecule has 146 valence electrons. The van der Waals surface area contributed by atoms with Gasteiger partial charge in [-0.25, -0.2) is 9.97 Å². The number of aromatic nitrogens is 2. The minimum atomic E-state index is 0.0624. The summed E-state index contributed by atoms with van der Waals surface area (Å²) in [4.78, 5) is 9.05. The van der Waals surface area contributed by atoms with Crippen molar-refractivity contribution in [1.29, 1.82) is 0 Å². The van der Waals surface area contributed by atoms with Gasteiger partial charge in [0, 0.05) is 24.1 Å². The molecule has 3 heterocycles. The molecular weight excluding hydrogens is 382 g/mol. The van der Waals surface area contributed by atoms with Gasteiger partial charge in [-0.05, 0) is 67.8 Å². The lowest BCUT2D eigenvalue weighted by atomic mass is 10.0. The molecule has 5 nitrogen and oxygen atoms in total. The summed E-state index contributed by atoms with van der Waals surface area (Å²) >= 11 is 1.64. The summed E-state index contributed by atoms with van der Waals surface area (Å²) in [5.74, 6) is 1.36. The number of nitrogens with one attached hydrogen (secondary N) is 1. The highest BCUT2D eigenvalue weighted by atomic mass is 32.1. The van der Waals surface area contributed by atoms with E-state index >= 15 is 0 Å². The summed E-state index contributed by atoms with van der Waals surface area (Å²) in [5.41, 5.74) is 2.99. The fourth-order valence-electron chi connectivity index (χ4n) is 3.49. The van der Waals surface area contributed by atoms with Gasteiger partial charge in [0.2, 0.25) is 5.88 Å². The van der Waals surface area contributed by atoms with Crippen LogP contribution in [-0.4, -0.2) is 16.6 Å². The van der Waals surface area contributed by atoms with E-state index in [1.165, 1.54) is 11.1 Å². The van der Waals surface area contributed by atoms with Crippen LogP contribution < -0.4 is 10.1 Å². The maximum absolute atomic E-state index is 6.08. The molecule has 4 aromatic rings. The van der Waals surface area contributed by atoms with Crippen molar-refractivity contribution in [2.75, 3.05) is 11.9 Å². The van der Waals surface area contributed by atoms with Crippen LogP contribution in [0.3, 0.4) is 0 Å². The van der Waals surface area contributed by atoms with Crippen LogP contribution in [-0.2, 0) is 4.74 Å². The minimum absolute atomic E-state index is 0.0624. The van der Waals surface area contributed by atoms with Crippen LogP contribution in [0.15, 0.2) is 66.9 Å². The van der Waals surface area contributed by atoms with E-state index in [-0.39, 0.29) is 6.10 Å². The summed E-state index contributed by atoms with van der Waals surface area (Å²) in [6.07, 6.45) is 5.12. The van der Waals surface area contributed by atoms with Gasteiger partial charge in [-0.2, -0.15) is 0 Å². The Morgan fingerprint density at radius 1 is 1.00 bits per heavy atom. The zero-order valence-electron chi connectivity index (χ0n) is 15.9. The number of fused-ring (bicyclic) bond motifs is 1. The number of para-hydroxylation sites is 1. The number of ether oxygens (including phenoxy) is 2. The maximum Gasteiger partial charge on any atom is 0.225 e.